The number of aryl methyl sites for hydroxylation is 2. The van der Waals surface area contributed by atoms with Crippen molar-refractivity contribution in [2.24, 2.45) is 14.1 Å². The monoisotopic (exact) mass is 230 g/mol. The summed E-state index contributed by atoms with van der Waals surface area (Å²) in [6.07, 6.45) is 3.07. The summed E-state index contributed by atoms with van der Waals surface area (Å²) in [6, 6.07) is 3.55. The third-order valence-corrected chi connectivity index (χ3v) is 2.23. The summed E-state index contributed by atoms with van der Waals surface area (Å²) in [5.41, 5.74) is 0.725. The van der Waals surface area contributed by atoms with E-state index >= 15 is 0 Å². The highest BCUT2D eigenvalue weighted by Crippen LogP contribution is 2.12. The number of amides is 1. The van der Waals surface area contributed by atoms with Crippen LogP contribution in [0.15, 0.2) is 18.5 Å². The van der Waals surface area contributed by atoms with E-state index in [9.17, 15) is 4.79 Å². The number of aromatic nitrogens is 4. The molecule has 2 heterocycles. The van der Waals surface area contributed by atoms with Crippen LogP contribution in [0.3, 0.4) is 0 Å². The van der Waals surface area contributed by atoms with Crippen LogP contribution in [-0.2, 0) is 14.1 Å². The van der Waals surface area contributed by atoms with Crippen molar-refractivity contribution in [3.63, 3.8) is 0 Å². The van der Waals surface area contributed by atoms with Crippen LogP contribution in [0.1, 0.15) is 16.1 Å². The van der Waals surface area contributed by atoms with Crippen molar-refractivity contribution in [3.05, 3.63) is 29.7 Å². The average molecular weight is 230 g/mol. The van der Waals surface area contributed by atoms with Crippen LogP contribution < -0.4 is 5.32 Å². The van der Waals surface area contributed by atoms with Gasteiger partial charge in [-0.25, -0.2) is 0 Å². The zero-order valence-corrected chi connectivity index (χ0v) is 9.38. The molecule has 0 unspecified atom stereocenters. The van der Waals surface area contributed by atoms with Gasteiger partial charge >= 0.3 is 0 Å². The van der Waals surface area contributed by atoms with Crippen molar-refractivity contribution in [1.82, 2.24) is 19.6 Å². The second kappa shape index (κ2) is 4.09. The molecule has 2 aromatic rings. The van der Waals surface area contributed by atoms with Crippen LogP contribution in [0.4, 0.5) is 5.82 Å². The minimum absolute atomic E-state index is 0.251. The largest absolute Gasteiger partial charge is 0.303 e. The fraction of sp³-hybridized carbons (Fsp3) is 0.200. The normalized spacial score (nSPS) is 9.94. The Morgan fingerprint density at radius 2 is 2.29 bits per heavy atom. The van der Waals surface area contributed by atoms with Gasteiger partial charge in [-0.05, 0) is 6.07 Å². The molecule has 2 rings (SSSR count). The first kappa shape index (κ1) is 10.9. The number of hydrogen-bond acceptors (Lipinski definition) is 4. The van der Waals surface area contributed by atoms with Gasteiger partial charge in [0, 0.05) is 26.5 Å². The highest BCUT2D eigenvalue weighted by molar-refractivity contribution is 6.03. The van der Waals surface area contributed by atoms with Gasteiger partial charge < -0.3 is 5.32 Å². The average Bonchev–Trinajstić information content (AvgIpc) is 2.84. The molecular weight excluding hydrogens is 220 g/mol. The number of nitrogens with one attached hydrogen (secondary N) is 1. The van der Waals surface area contributed by atoms with Crippen LogP contribution in [0.25, 0.3) is 0 Å². The van der Waals surface area contributed by atoms with E-state index < -0.39 is 0 Å². The zero-order valence-electron chi connectivity index (χ0n) is 9.38. The number of nitriles is 1. The molecule has 7 nitrogen and oxygen atoms in total. The lowest BCUT2D eigenvalue weighted by atomic mass is 10.3. The molecular formula is C10H10N6O. The Kier molecular flexibility index (Phi) is 2.62. The van der Waals surface area contributed by atoms with E-state index in [4.69, 9.17) is 5.26 Å². The van der Waals surface area contributed by atoms with Gasteiger partial charge in [0.15, 0.2) is 5.82 Å². The quantitative estimate of drug-likeness (QED) is 0.802. The SMILES string of the molecule is Cn1cc(C#N)c(NC(=O)c2ccnn2C)n1. The standard InChI is InChI=1S/C10H10N6O/c1-15-6-7(5-11)9(14-15)13-10(17)8-3-4-12-16(8)2/h3-4,6H,1-2H3,(H,13,14,17). The Balaban J connectivity index is 2.25. The van der Waals surface area contributed by atoms with Crippen molar-refractivity contribution in [1.29, 1.82) is 5.26 Å². The van der Waals surface area contributed by atoms with Gasteiger partial charge in [-0.2, -0.15) is 15.5 Å². The molecule has 2 aromatic heterocycles. The van der Waals surface area contributed by atoms with Gasteiger partial charge in [0.25, 0.3) is 5.91 Å². The number of carbonyl (C=O) groups is 1. The molecule has 0 fully saturated rings. The number of nitrogens with zero attached hydrogens (tertiary/aromatic N) is 5. The lowest BCUT2D eigenvalue weighted by molar-refractivity contribution is 0.101. The van der Waals surface area contributed by atoms with Gasteiger partial charge in [0.1, 0.15) is 17.3 Å². The summed E-state index contributed by atoms with van der Waals surface area (Å²) in [4.78, 5) is 11.8. The van der Waals surface area contributed by atoms with Crippen LogP contribution in [0.5, 0.6) is 0 Å². The van der Waals surface area contributed by atoms with Gasteiger partial charge in [0.05, 0.1) is 0 Å². The van der Waals surface area contributed by atoms with E-state index in [0.717, 1.165) is 0 Å². The third-order valence-electron chi connectivity index (χ3n) is 2.23. The third kappa shape index (κ3) is 2.01. The van der Waals surface area contributed by atoms with Gasteiger partial charge in [-0.15, -0.1) is 0 Å². The van der Waals surface area contributed by atoms with E-state index in [2.05, 4.69) is 15.5 Å². The van der Waals surface area contributed by atoms with E-state index in [1.165, 1.54) is 15.6 Å². The van der Waals surface area contributed by atoms with Crippen molar-refractivity contribution in [3.8, 4) is 6.07 Å². The Labute approximate surface area is 97.3 Å². The summed E-state index contributed by atoms with van der Waals surface area (Å²) in [5.74, 6) is -0.0959. The Morgan fingerprint density at radius 1 is 1.53 bits per heavy atom. The molecule has 0 bridgehead atoms. The fourth-order valence-corrected chi connectivity index (χ4v) is 1.43. The topological polar surface area (TPSA) is 88.5 Å². The molecule has 0 aliphatic rings. The Bertz CT molecular complexity index is 603. The maximum atomic E-state index is 11.8. The first-order valence-corrected chi connectivity index (χ1v) is 4.85. The number of rotatable bonds is 2. The summed E-state index contributed by atoms with van der Waals surface area (Å²) in [7, 11) is 3.35. The molecule has 0 saturated carbocycles. The summed E-state index contributed by atoms with van der Waals surface area (Å²) in [6.45, 7) is 0. The lowest BCUT2D eigenvalue weighted by Crippen LogP contribution is -2.17. The molecule has 0 saturated heterocycles. The van der Waals surface area contributed by atoms with Crippen LogP contribution >= 0.6 is 0 Å². The molecule has 1 N–H and O–H groups in total. The molecule has 0 aliphatic heterocycles. The minimum atomic E-state index is -0.347. The van der Waals surface area contributed by atoms with Gasteiger partial charge in [0.2, 0.25) is 0 Å². The molecule has 17 heavy (non-hydrogen) atoms. The van der Waals surface area contributed by atoms with E-state index in [-0.39, 0.29) is 11.7 Å². The smallest absolute Gasteiger partial charge is 0.275 e. The molecule has 0 aliphatic carbocycles. The summed E-state index contributed by atoms with van der Waals surface area (Å²) >= 11 is 0. The zero-order chi connectivity index (χ0) is 12.4. The maximum Gasteiger partial charge on any atom is 0.275 e. The fourth-order valence-electron chi connectivity index (χ4n) is 1.43. The van der Waals surface area contributed by atoms with E-state index in [0.29, 0.717) is 11.3 Å². The van der Waals surface area contributed by atoms with Crippen molar-refractivity contribution >= 4 is 11.7 Å². The van der Waals surface area contributed by atoms with Crippen LogP contribution in [0, 0.1) is 11.3 Å². The number of carbonyl (C=O) groups excluding carboxylic acids is 1. The molecule has 86 valence electrons. The highest BCUT2D eigenvalue weighted by Gasteiger charge is 2.14. The molecule has 0 atom stereocenters. The number of anilines is 1. The predicted molar refractivity (Wildman–Crippen MR) is 59.1 cm³/mol. The van der Waals surface area contributed by atoms with Crippen LogP contribution in [0.2, 0.25) is 0 Å². The second-order valence-corrected chi connectivity index (χ2v) is 3.47. The van der Waals surface area contributed by atoms with Gasteiger partial charge in [-0.3, -0.25) is 14.2 Å². The Morgan fingerprint density at radius 3 is 2.88 bits per heavy atom. The molecule has 0 spiro atoms. The predicted octanol–water partition coefficient (Wildman–Crippen LogP) is 0.278. The van der Waals surface area contributed by atoms with Crippen molar-refractivity contribution in [2.45, 2.75) is 0 Å². The molecule has 7 heteroatoms. The first-order valence-electron chi connectivity index (χ1n) is 4.85. The molecule has 0 radical (unpaired) electrons. The van der Waals surface area contributed by atoms with Crippen molar-refractivity contribution in [2.75, 3.05) is 5.32 Å². The van der Waals surface area contributed by atoms with E-state index in [1.807, 2.05) is 6.07 Å². The first-order chi connectivity index (χ1) is 8.11. The molecule has 1 amide bonds. The maximum absolute atomic E-state index is 11.8. The highest BCUT2D eigenvalue weighted by atomic mass is 16.2. The molecule has 0 aromatic carbocycles. The summed E-state index contributed by atoms with van der Waals surface area (Å²) < 4.78 is 2.92. The van der Waals surface area contributed by atoms with Crippen LogP contribution in [-0.4, -0.2) is 25.5 Å². The van der Waals surface area contributed by atoms with Gasteiger partial charge in [-0.1, -0.05) is 0 Å². The Hall–Kier alpha value is -2.62. The minimum Gasteiger partial charge on any atom is -0.303 e. The van der Waals surface area contributed by atoms with Crippen molar-refractivity contribution < 1.29 is 4.79 Å². The number of hydrogen-bond donors (Lipinski definition) is 1. The van der Waals surface area contributed by atoms with E-state index in [1.54, 1.807) is 26.4 Å². The second-order valence-electron chi connectivity index (χ2n) is 3.47. The summed E-state index contributed by atoms with van der Waals surface area (Å²) in [5, 5.41) is 19.3. The lowest BCUT2D eigenvalue weighted by Gasteiger charge is -2.02.